The first-order chi connectivity index (χ1) is 7.02. The molecule has 3 nitrogen and oxygen atoms in total. The van der Waals surface area contributed by atoms with Gasteiger partial charge >= 0.3 is 0 Å². The molecule has 0 aliphatic carbocycles. The molecule has 0 aromatic carbocycles. The average Bonchev–Trinajstić information content (AvgIpc) is 2.57. The van der Waals surface area contributed by atoms with Crippen LogP contribution in [0, 0.1) is 11.3 Å². The fraction of sp³-hybridized carbons (Fsp3) is 0.333. The molecule has 0 bridgehead atoms. The molecule has 3 heteroatoms. The Bertz CT molecular complexity index is 538. The van der Waals surface area contributed by atoms with Crippen LogP contribution in [0.4, 0.5) is 0 Å². The Kier molecular flexibility index (Phi) is 2.01. The summed E-state index contributed by atoms with van der Waals surface area (Å²) in [5.41, 5.74) is 2.69. The highest BCUT2D eigenvalue weighted by atomic mass is 15.0. The minimum Gasteiger partial charge on any atom is -0.291 e. The van der Waals surface area contributed by atoms with Crippen LogP contribution in [-0.4, -0.2) is 9.38 Å². The van der Waals surface area contributed by atoms with Crippen LogP contribution in [0.2, 0.25) is 0 Å². The molecule has 0 unspecified atom stereocenters. The zero-order chi connectivity index (χ0) is 11.1. The third-order valence-corrected chi connectivity index (χ3v) is 2.49. The topological polar surface area (TPSA) is 41.1 Å². The average molecular weight is 199 g/mol. The predicted molar refractivity (Wildman–Crippen MR) is 58.6 cm³/mol. The molecule has 0 saturated heterocycles. The minimum absolute atomic E-state index is 0.0885. The molecule has 0 atom stereocenters. The maximum atomic E-state index is 8.91. The summed E-state index contributed by atoms with van der Waals surface area (Å²) in [7, 11) is 0. The summed E-state index contributed by atoms with van der Waals surface area (Å²) in [6.45, 7) is 6.45. The maximum Gasteiger partial charge on any atom is 0.144 e. The van der Waals surface area contributed by atoms with Crippen LogP contribution < -0.4 is 0 Å². The van der Waals surface area contributed by atoms with Gasteiger partial charge in [-0.2, -0.15) is 5.26 Å². The summed E-state index contributed by atoms with van der Waals surface area (Å²) in [5, 5.41) is 8.91. The zero-order valence-electron chi connectivity index (χ0n) is 9.15. The number of imidazole rings is 1. The number of hydrogen-bond donors (Lipinski definition) is 0. The van der Waals surface area contributed by atoms with Crippen LogP contribution in [0.5, 0.6) is 0 Å². The Balaban J connectivity index is 2.69. The Morgan fingerprint density at radius 1 is 1.33 bits per heavy atom. The summed E-state index contributed by atoms with van der Waals surface area (Å²) in [4.78, 5) is 4.15. The van der Waals surface area contributed by atoms with Crippen molar-refractivity contribution >= 4 is 5.65 Å². The Morgan fingerprint density at radius 2 is 2.07 bits per heavy atom. The minimum atomic E-state index is 0.0885. The van der Waals surface area contributed by atoms with E-state index in [-0.39, 0.29) is 5.41 Å². The zero-order valence-corrected chi connectivity index (χ0v) is 9.15. The van der Waals surface area contributed by atoms with Crippen molar-refractivity contribution in [3.63, 3.8) is 0 Å². The monoisotopic (exact) mass is 199 g/mol. The highest BCUT2D eigenvalue weighted by Gasteiger charge is 2.14. The van der Waals surface area contributed by atoms with Crippen molar-refractivity contribution in [1.82, 2.24) is 9.38 Å². The van der Waals surface area contributed by atoms with Gasteiger partial charge in [0.1, 0.15) is 17.4 Å². The van der Waals surface area contributed by atoms with Gasteiger partial charge in [0.15, 0.2) is 0 Å². The number of pyridine rings is 1. The normalized spacial score (nSPS) is 11.6. The summed E-state index contributed by atoms with van der Waals surface area (Å²) in [6, 6.07) is 6.13. The van der Waals surface area contributed by atoms with E-state index in [0.29, 0.717) is 5.69 Å². The van der Waals surface area contributed by atoms with Gasteiger partial charge in [0.2, 0.25) is 0 Å². The van der Waals surface area contributed by atoms with Crippen LogP contribution in [0.25, 0.3) is 5.65 Å². The summed E-state index contributed by atoms with van der Waals surface area (Å²) in [5.74, 6) is 0. The quantitative estimate of drug-likeness (QED) is 0.654. The van der Waals surface area contributed by atoms with E-state index >= 15 is 0 Å². The third-order valence-electron chi connectivity index (χ3n) is 2.49. The van der Waals surface area contributed by atoms with E-state index in [1.165, 1.54) is 5.56 Å². The number of nitrogens with zero attached hydrogens (tertiary/aromatic N) is 3. The fourth-order valence-corrected chi connectivity index (χ4v) is 1.51. The molecular formula is C12H13N3. The van der Waals surface area contributed by atoms with E-state index in [4.69, 9.17) is 5.26 Å². The van der Waals surface area contributed by atoms with Gasteiger partial charge in [0.25, 0.3) is 0 Å². The Morgan fingerprint density at radius 3 is 2.67 bits per heavy atom. The van der Waals surface area contributed by atoms with E-state index in [1.807, 2.05) is 16.7 Å². The lowest BCUT2D eigenvalue weighted by Crippen LogP contribution is -2.12. The molecule has 0 aliphatic rings. The van der Waals surface area contributed by atoms with Crippen molar-refractivity contribution in [3.8, 4) is 6.07 Å². The second-order valence-electron chi connectivity index (χ2n) is 4.65. The number of hydrogen-bond acceptors (Lipinski definition) is 2. The molecule has 2 rings (SSSR count). The number of rotatable bonds is 0. The van der Waals surface area contributed by atoms with E-state index in [9.17, 15) is 0 Å². The van der Waals surface area contributed by atoms with E-state index in [0.717, 1.165) is 5.65 Å². The maximum absolute atomic E-state index is 8.91. The molecule has 0 aliphatic heterocycles. The van der Waals surface area contributed by atoms with E-state index < -0.39 is 0 Å². The van der Waals surface area contributed by atoms with Crippen molar-refractivity contribution in [2.45, 2.75) is 26.2 Å². The molecule has 76 valence electrons. The Hall–Kier alpha value is -1.82. The smallest absolute Gasteiger partial charge is 0.144 e. The highest BCUT2D eigenvalue weighted by molar-refractivity contribution is 5.45. The first kappa shape index (κ1) is 9.72. The van der Waals surface area contributed by atoms with Crippen molar-refractivity contribution < 1.29 is 0 Å². The lowest BCUT2D eigenvalue weighted by molar-refractivity contribution is 0.586. The van der Waals surface area contributed by atoms with Gasteiger partial charge in [-0.3, -0.25) is 4.40 Å². The molecule has 0 N–H and O–H groups in total. The predicted octanol–water partition coefficient (Wildman–Crippen LogP) is 2.50. The van der Waals surface area contributed by atoms with E-state index in [2.05, 4.69) is 37.9 Å². The second-order valence-corrected chi connectivity index (χ2v) is 4.65. The van der Waals surface area contributed by atoms with Crippen LogP contribution in [-0.2, 0) is 5.41 Å². The SMILES string of the molecule is CC(C)(C)c1ccc2ncc(C#N)n2c1. The molecule has 2 aromatic heterocycles. The number of nitriles is 1. The lowest BCUT2D eigenvalue weighted by atomic mass is 9.88. The summed E-state index contributed by atoms with van der Waals surface area (Å²) < 4.78 is 1.83. The van der Waals surface area contributed by atoms with Crippen molar-refractivity contribution in [2.75, 3.05) is 0 Å². The van der Waals surface area contributed by atoms with E-state index in [1.54, 1.807) is 6.20 Å². The van der Waals surface area contributed by atoms with Gasteiger partial charge in [-0.25, -0.2) is 4.98 Å². The van der Waals surface area contributed by atoms with Crippen LogP contribution >= 0.6 is 0 Å². The largest absolute Gasteiger partial charge is 0.291 e. The van der Waals surface area contributed by atoms with Gasteiger partial charge in [-0.15, -0.1) is 0 Å². The van der Waals surface area contributed by atoms with Crippen molar-refractivity contribution in [3.05, 3.63) is 35.8 Å². The number of fused-ring (bicyclic) bond motifs is 1. The van der Waals surface area contributed by atoms with Crippen LogP contribution in [0.15, 0.2) is 24.5 Å². The van der Waals surface area contributed by atoms with Crippen molar-refractivity contribution in [2.24, 2.45) is 0 Å². The van der Waals surface area contributed by atoms with Crippen LogP contribution in [0.1, 0.15) is 32.0 Å². The highest BCUT2D eigenvalue weighted by Crippen LogP contribution is 2.22. The second kappa shape index (κ2) is 3.09. The molecular weight excluding hydrogens is 186 g/mol. The number of aromatic nitrogens is 2. The van der Waals surface area contributed by atoms with Gasteiger partial charge < -0.3 is 0 Å². The Labute approximate surface area is 89.0 Å². The summed E-state index contributed by atoms with van der Waals surface area (Å²) >= 11 is 0. The molecule has 2 heterocycles. The molecule has 0 radical (unpaired) electrons. The first-order valence-electron chi connectivity index (χ1n) is 4.90. The first-order valence-corrected chi connectivity index (χ1v) is 4.90. The van der Waals surface area contributed by atoms with Gasteiger partial charge in [0.05, 0.1) is 6.20 Å². The third kappa shape index (κ3) is 1.59. The molecule has 0 spiro atoms. The van der Waals surface area contributed by atoms with Crippen LogP contribution in [0.3, 0.4) is 0 Å². The molecule has 0 amide bonds. The van der Waals surface area contributed by atoms with Gasteiger partial charge in [-0.05, 0) is 17.0 Å². The molecule has 0 fully saturated rings. The molecule has 2 aromatic rings. The molecule has 0 saturated carbocycles. The fourth-order valence-electron chi connectivity index (χ4n) is 1.51. The standard InChI is InChI=1S/C12H13N3/c1-12(2,3)9-4-5-11-14-7-10(6-13)15(11)8-9/h4-5,7-8H,1-3H3. The van der Waals surface area contributed by atoms with Gasteiger partial charge in [0, 0.05) is 6.20 Å². The van der Waals surface area contributed by atoms with Crippen molar-refractivity contribution in [1.29, 1.82) is 5.26 Å². The molecule has 15 heavy (non-hydrogen) atoms. The van der Waals surface area contributed by atoms with Gasteiger partial charge in [-0.1, -0.05) is 26.8 Å². The lowest BCUT2D eigenvalue weighted by Gasteiger charge is -2.18. The summed E-state index contributed by atoms with van der Waals surface area (Å²) in [6.07, 6.45) is 3.59.